The number of unbranched alkanes of at least 4 members (excludes halogenated alkanes) is 16. The minimum Gasteiger partial charge on any atom is -0.454 e. The van der Waals surface area contributed by atoms with Crippen LogP contribution in [-0.4, -0.2) is 99.6 Å². The minimum atomic E-state index is -1.65. The summed E-state index contributed by atoms with van der Waals surface area (Å²) < 4.78 is 17.4. The van der Waals surface area contributed by atoms with Gasteiger partial charge in [0.1, 0.15) is 24.4 Å². The van der Waals surface area contributed by atoms with Crippen LogP contribution >= 0.6 is 0 Å². The zero-order valence-electron chi connectivity index (χ0n) is 43.8. The van der Waals surface area contributed by atoms with Crippen LogP contribution in [0.1, 0.15) is 201 Å². The van der Waals surface area contributed by atoms with Crippen molar-refractivity contribution in [1.29, 1.82) is 0 Å². The highest BCUT2D eigenvalue weighted by molar-refractivity contribution is 5.80. The predicted molar refractivity (Wildman–Crippen MR) is 287 cm³/mol. The minimum absolute atomic E-state index is 0.00709. The first-order valence-electron chi connectivity index (χ1n) is 27.5. The Morgan fingerprint density at radius 3 is 1.59 bits per heavy atom. The van der Waals surface area contributed by atoms with Gasteiger partial charge in [0.15, 0.2) is 12.4 Å². The van der Waals surface area contributed by atoms with Crippen LogP contribution in [0.15, 0.2) is 97.2 Å². The molecule has 1 aliphatic rings. The Kier molecular flexibility index (Phi) is 43.0. The zero-order valence-corrected chi connectivity index (χ0v) is 43.8. The topological polar surface area (TPSA) is 175 Å². The molecular formula is C59H99NO10. The van der Waals surface area contributed by atoms with E-state index in [9.17, 15) is 35.1 Å². The van der Waals surface area contributed by atoms with E-state index < -0.39 is 67.4 Å². The van der Waals surface area contributed by atoms with Crippen LogP contribution in [-0.2, 0) is 23.8 Å². The van der Waals surface area contributed by atoms with Gasteiger partial charge in [-0.1, -0.05) is 208 Å². The Morgan fingerprint density at radius 2 is 1.04 bits per heavy atom. The second kappa shape index (κ2) is 46.6. The standard InChI is InChI=1S/C59H99NO10/c1-4-7-10-13-16-19-22-24-25-26-27-28-29-30-32-35-38-41-44-47-54(64)70-57-56(66)55(65)53(48-61)69-59(57)68-49-50(51(62)45-42-39-36-34-31-23-20-17-14-11-8-5-2)60-58(67)52(63)46-43-40-37-33-21-18-15-12-9-6-3/h7,10,15-16,18-19,24-25,27-28,30,32,38,41-42,45,50-53,55-57,59,61-63,65-66H,4-6,8-9,11-14,17,20-23,26,29,31,33-37,39-40,43-44,46-49H2,1-3H3,(H,60,67)/b10-7-,18-15-,19-16-,25-24-,28-27-,32-30-,41-38-,45-42+. The monoisotopic (exact) mass is 982 g/mol. The summed E-state index contributed by atoms with van der Waals surface area (Å²) in [4.78, 5) is 26.3. The molecule has 1 amide bonds. The van der Waals surface area contributed by atoms with Crippen molar-refractivity contribution < 1.29 is 49.3 Å². The first-order chi connectivity index (χ1) is 34.2. The van der Waals surface area contributed by atoms with Gasteiger partial charge in [-0.2, -0.15) is 0 Å². The zero-order chi connectivity index (χ0) is 51.1. The molecule has 0 spiro atoms. The molecule has 1 heterocycles. The van der Waals surface area contributed by atoms with Crippen molar-refractivity contribution in [2.24, 2.45) is 0 Å². The number of hydrogen-bond acceptors (Lipinski definition) is 10. The molecule has 8 atom stereocenters. The van der Waals surface area contributed by atoms with Gasteiger partial charge in [-0.15, -0.1) is 0 Å². The quantitative estimate of drug-likeness (QED) is 0.0196. The van der Waals surface area contributed by atoms with E-state index in [0.29, 0.717) is 19.3 Å². The molecule has 1 rings (SSSR count). The number of aliphatic hydroxyl groups is 5. The Hall–Kier alpha value is -3.42. The number of rotatable bonds is 44. The fraction of sp³-hybridized carbons (Fsp3) is 0.695. The molecular weight excluding hydrogens is 883 g/mol. The first kappa shape index (κ1) is 64.6. The molecule has 0 radical (unpaired) electrons. The van der Waals surface area contributed by atoms with Crippen LogP contribution in [0.4, 0.5) is 0 Å². The van der Waals surface area contributed by atoms with Gasteiger partial charge in [0.25, 0.3) is 0 Å². The maximum atomic E-state index is 13.3. The van der Waals surface area contributed by atoms with E-state index in [1.807, 2.05) is 18.2 Å². The summed E-state index contributed by atoms with van der Waals surface area (Å²) in [6.07, 6.45) is 50.4. The van der Waals surface area contributed by atoms with Gasteiger partial charge < -0.3 is 45.1 Å². The molecule has 400 valence electrons. The van der Waals surface area contributed by atoms with Crippen LogP contribution in [0.2, 0.25) is 0 Å². The lowest BCUT2D eigenvalue weighted by Gasteiger charge is -2.41. The van der Waals surface area contributed by atoms with E-state index >= 15 is 0 Å². The van der Waals surface area contributed by atoms with Crippen molar-refractivity contribution in [3.8, 4) is 0 Å². The fourth-order valence-corrected chi connectivity index (χ4v) is 7.83. The number of carbonyl (C=O) groups is 2. The highest BCUT2D eigenvalue weighted by atomic mass is 16.7. The molecule has 11 nitrogen and oxygen atoms in total. The number of amides is 1. The lowest BCUT2D eigenvalue weighted by atomic mass is 9.99. The van der Waals surface area contributed by atoms with Crippen LogP contribution in [0.5, 0.6) is 0 Å². The summed E-state index contributed by atoms with van der Waals surface area (Å²) in [6.45, 7) is 5.55. The second-order valence-electron chi connectivity index (χ2n) is 18.6. The third-order valence-electron chi connectivity index (χ3n) is 12.2. The fourth-order valence-electron chi connectivity index (χ4n) is 7.83. The van der Waals surface area contributed by atoms with Gasteiger partial charge in [-0.05, 0) is 83.5 Å². The van der Waals surface area contributed by atoms with Gasteiger partial charge in [-0.3, -0.25) is 9.59 Å². The van der Waals surface area contributed by atoms with Crippen molar-refractivity contribution >= 4 is 11.9 Å². The van der Waals surface area contributed by atoms with Gasteiger partial charge in [0, 0.05) is 6.42 Å². The summed E-state index contributed by atoms with van der Waals surface area (Å²) >= 11 is 0. The summed E-state index contributed by atoms with van der Waals surface area (Å²) in [6, 6.07) is -1.05. The van der Waals surface area contributed by atoms with E-state index in [0.717, 1.165) is 89.9 Å². The lowest BCUT2D eigenvalue weighted by Crippen LogP contribution is -2.61. The smallest absolute Gasteiger partial charge is 0.306 e. The van der Waals surface area contributed by atoms with E-state index in [2.05, 4.69) is 99.0 Å². The largest absolute Gasteiger partial charge is 0.454 e. The molecule has 1 aliphatic heterocycles. The maximum Gasteiger partial charge on any atom is 0.306 e. The average Bonchev–Trinajstić information content (AvgIpc) is 3.36. The number of nitrogens with one attached hydrogen (secondary N) is 1. The molecule has 70 heavy (non-hydrogen) atoms. The van der Waals surface area contributed by atoms with Crippen molar-refractivity contribution in [3.63, 3.8) is 0 Å². The summed E-state index contributed by atoms with van der Waals surface area (Å²) in [7, 11) is 0. The number of esters is 1. The molecule has 1 saturated heterocycles. The van der Waals surface area contributed by atoms with Gasteiger partial charge in [0.2, 0.25) is 5.91 Å². The number of ether oxygens (including phenoxy) is 3. The SMILES string of the molecule is CC/C=C\C/C=C\C/C=C\C/C=C\C/C=C\C/C=C\CCC(=O)OC1C(OCC(NC(=O)C(O)CCCCCC/C=C\CCCC)C(O)/C=C/CCCCCCCCCCCC)OC(CO)C(O)C1O. The Morgan fingerprint density at radius 1 is 0.571 bits per heavy atom. The Bertz CT molecular complexity index is 1500. The van der Waals surface area contributed by atoms with Crippen LogP contribution < -0.4 is 5.32 Å². The summed E-state index contributed by atoms with van der Waals surface area (Å²) in [5.74, 6) is -1.30. The van der Waals surface area contributed by atoms with E-state index in [4.69, 9.17) is 14.2 Å². The van der Waals surface area contributed by atoms with Crippen molar-refractivity contribution in [2.45, 2.75) is 250 Å². The van der Waals surface area contributed by atoms with Crippen LogP contribution in [0.25, 0.3) is 0 Å². The molecule has 1 fully saturated rings. The molecule has 0 bridgehead atoms. The summed E-state index contributed by atoms with van der Waals surface area (Å²) in [5.41, 5.74) is 0. The molecule has 0 aromatic carbocycles. The molecule has 0 aliphatic carbocycles. The predicted octanol–water partition coefficient (Wildman–Crippen LogP) is 12.0. The van der Waals surface area contributed by atoms with Crippen molar-refractivity contribution in [3.05, 3.63) is 97.2 Å². The molecule has 0 saturated carbocycles. The lowest BCUT2D eigenvalue weighted by molar-refractivity contribution is -0.305. The highest BCUT2D eigenvalue weighted by Gasteiger charge is 2.47. The Labute approximate surface area is 425 Å². The molecule has 6 N–H and O–H groups in total. The molecule has 8 unspecified atom stereocenters. The van der Waals surface area contributed by atoms with E-state index in [-0.39, 0.29) is 19.4 Å². The normalized spacial score (nSPS) is 20.5. The third-order valence-corrected chi connectivity index (χ3v) is 12.2. The molecule has 0 aromatic rings. The van der Waals surface area contributed by atoms with E-state index in [1.165, 1.54) is 57.8 Å². The van der Waals surface area contributed by atoms with Gasteiger partial charge in [0.05, 0.1) is 25.4 Å². The van der Waals surface area contributed by atoms with Crippen LogP contribution in [0.3, 0.4) is 0 Å². The number of aliphatic hydroxyl groups excluding tert-OH is 5. The third kappa shape index (κ3) is 34.8. The van der Waals surface area contributed by atoms with Gasteiger partial charge >= 0.3 is 5.97 Å². The van der Waals surface area contributed by atoms with Gasteiger partial charge in [-0.25, -0.2) is 0 Å². The van der Waals surface area contributed by atoms with Crippen LogP contribution in [0, 0.1) is 0 Å². The molecule has 11 heteroatoms. The van der Waals surface area contributed by atoms with Crippen molar-refractivity contribution in [1.82, 2.24) is 5.32 Å². The number of hydrogen-bond donors (Lipinski definition) is 6. The van der Waals surface area contributed by atoms with Crippen molar-refractivity contribution in [2.75, 3.05) is 13.2 Å². The number of allylic oxidation sites excluding steroid dienone is 15. The maximum absolute atomic E-state index is 13.3. The number of carbonyl (C=O) groups excluding carboxylic acids is 2. The highest BCUT2D eigenvalue weighted by Crippen LogP contribution is 2.26. The first-order valence-corrected chi connectivity index (χ1v) is 27.5. The Balaban J connectivity index is 2.79. The second-order valence-corrected chi connectivity index (χ2v) is 18.6. The average molecular weight is 982 g/mol. The molecule has 0 aromatic heterocycles. The summed E-state index contributed by atoms with van der Waals surface area (Å²) in [5, 5.41) is 56.6. The van der Waals surface area contributed by atoms with E-state index in [1.54, 1.807) is 6.08 Å².